The summed E-state index contributed by atoms with van der Waals surface area (Å²) >= 11 is 0. The molecule has 0 amide bonds. The van der Waals surface area contributed by atoms with Gasteiger partial charge in [-0.25, -0.2) is 0 Å². The van der Waals surface area contributed by atoms with Crippen molar-refractivity contribution in [3.05, 3.63) is 35.9 Å². The van der Waals surface area contributed by atoms with Crippen LogP contribution in [0.1, 0.15) is 59.4 Å². The molecule has 0 aliphatic rings. The van der Waals surface area contributed by atoms with E-state index in [4.69, 9.17) is 0 Å². The maximum Gasteiger partial charge on any atom is 0.00967 e. The van der Waals surface area contributed by atoms with Crippen molar-refractivity contribution >= 4 is 0 Å². The zero-order valence-electron chi connectivity index (χ0n) is 13.4. The van der Waals surface area contributed by atoms with Crippen molar-refractivity contribution in [2.75, 3.05) is 6.54 Å². The zero-order chi connectivity index (χ0) is 14.4. The van der Waals surface area contributed by atoms with Gasteiger partial charge in [0.2, 0.25) is 0 Å². The molecular weight excluding hydrogens is 230 g/mol. The summed E-state index contributed by atoms with van der Waals surface area (Å²) < 4.78 is 0. The predicted octanol–water partition coefficient (Wildman–Crippen LogP) is 4.81. The largest absolute Gasteiger partial charge is 0.312 e. The van der Waals surface area contributed by atoms with Gasteiger partial charge in [-0.3, -0.25) is 0 Å². The summed E-state index contributed by atoms with van der Waals surface area (Å²) in [6.45, 7) is 12.6. The molecule has 1 rings (SSSR count). The van der Waals surface area contributed by atoms with Crippen LogP contribution in [0.25, 0.3) is 0 Å². The first-order valence-electron chi connectivity index (χ1n) is 7.64. The minimum absolute atomic E-state index is 0.218. The van der Waals surface area contributed by atoms with Gasteiger partial charge in [0.25, 0.3) is 0 Å². The highest BCUT2D eigenvalue weighted by Crippen LogP contribution is 2.28. The molecule has 0 saturated heterocycles. The highest BCUT2D eigenvalue weighted by molar-refractivity contribution is 5.14. The smallest absolute Gasteiger partial charge is 0.00967 e. The van der Waals surface area contributed by atoms with Crippen molar-refractivity contribution in [2.24, 2.45) is 5.41 Å². The average Bonchev–Trinajstić information content (AvgIpc) is 2.37. The third kappa shape index (κ3) is 6.77. The monoisotopic (exact) mass is 261 g/mol. The molecule has 0 radical (unpaired) electrons. The van der Waals surface area contributed by atoms with E-state index in [0.717, 1.165) is 6.54 Å². The second-order valence-corrected chi connectivity index (χ2v) is 7.11. The van der Waals surface area contributed by atoms with E-state index in [1.807, 2.05) is 0 Å². The van der Waals surface area contributed by atoms with Crippen molar-refractivity contribution < 1.29 is 0 Å². The highest BCUT2D eigenvalue weighted by Gasteiger charge is 2.23. The van der Waals surface area contributed by atoms with Gasteiger partial charge in [-0.1, -0.05) is 44.2 Å². The normalized spacial score (nSPS) is 15.2. The molecule has 1 N–H and O–H groups in total. The van der Waals surface area contributed by atoms with E-state index in [0.29, 0.717) is 5.41 Å². The number of hydrogen-bond donors (Lipinski definition) is 1. The van der Waals surface area contributed by atoms with Crippen LogP contribution in [0.4, 0.5) is 0 Å². The molecule has 0 aliphatic heterocycles. The van der Waals surface area contributed by atoms with Crippen molar-refractivity contribution in [1.29, 1.82) is 0 Å². The summed E-state index contributed by atoms with van der Waals surface area (Å²) in [6.07, 6.45) is 5.01. The first kappa shape index (κ1) is 16.2. The molecule has 0 aliphatic carbocycles. The molecule has 1 aromatic rings. The van der Waals surface area contributed by atoms with Crippen LogP contribution in [-0.2, 0) is 6.42 Å². The fourth-order valence-corrected chi connectivity index (χ4v) is 2.23. The third-order valence-electron chi connectivity index (χ3n) is 3.99. The zero-order valence-corrected chi connectivity index (χ0v) is 13.4. The number of hydrogen-bond acceptors (Lipinski definition) is 1. The van der Waals surface area contributed by atoms with Crippen LogP contribution in [0, 0.1) is 5.41 Å². The number of nitrogens with one attached hydrogen (secondary N) is 1. The van der Waals surface area contributed by atoms with E-state index < -0.39 is 0 Å². The van der Waals surface area contributed by atoms with Crippen molar-refractivity contribution in [3.8, 4) is 0 Å². The Kier molecular flexibility index (Phi) is 6.06. The van der Waals surface area contributed by atoms with Crippen LogP contribution < -0.4 is 5.32 Å². The Balaban J connectivity index is 2.39. The second kappa shape index (κ2) is 7.09. The molecular formula is C18H31N. The van der Waals surface area contributed by atoms with Crippen molar-refractivity contribution in [1.82, 2.24) is 5.32 Å². The minimum atomic E-state index is 0.218. The molecule has 0 spiro atoms. The number of rotatable bonds is 7. The van der Waals surface area contributed by atoms with Gasteiger partial charge in [0.05, 0.1) is 0 Å². The van der Waals surface area contributed by atoms with E-state index in [2.05, 4.69) is 70.3 Å². The molecule has 1 aromatic carbocycles. The van der Waals surface area contributed by atoms with Gasteiger partial charge in [-0.05, 0) is 57.4 Å². The molecule has 0 heterocycles. The van der Waals surface area contributed by atoms with Crippen LogP contribution in [0.15, 0.2) is 30.3 Å². The maximum atomic E-state index is 3.66. The van der Waals surface area contributed by atoms with Gasteiger partial charge >= 0.3 is 0 Å². The maximum absolute atomic E-state index is 3.66. The lowest BCUT2D eigenvalue weighted by Gasteiger charge is -2.33. The van der Waals surface area contributed by atoms with Gasteiger partial charge in [-0.2, -0.15) is 0 Å². The molecule has 0 aromatic heterocycles. The first-order valence-corrected chi connectivity index (χ1v) is 7.64. The Morgan fingerprint density at radius 3 is 2.16 bits per heavy atom. The number of benzene rings is 1. The quantitative estimate of drug-likeness (QED) is 0.742. The summed E-state index contributed by atoms with van der Waals surface area (Å²) in [7, 11) is 0. The lowest BCUT2D eigenvalue weighted by Crippen LogP contribution is -2.42. The average molecular weight is 261 g/mol. The van der Waals surface area contributed by atoms with Crippen LogP contribution >= 0.6 is 0 Å². The molecule has 1 heteroatoms. The molecule has 0 fully saturated rings. The van der Waals surface area contributed by atoms with E-state index >= 15 is 0 Å². The van der Waals surface area contributed by atoms with Gasteiger partial charge in [0, 0.05) is 12.1 Å². The Labute approximate surface area is 119 Å². The Bertz CT molecular complexity index is 350. The molecule has 1 nitrogen and oxygen atoms in total. The second-order valence-electron chi connectivity index (χ2n) is 7.11. The lowest BCUT2D eigenvalue weighted by atomic mass is 9.81. The predicted molar refractivity (Wildman–Crippen MR) is 85.5 cm³/mol. The van der Waals surface area contributed by atoms with E-state index in [1.165, 1.54) is 31.2 Å². The standard InChI is InChI=1S/C18H31N/c1-6-18(5,15-19-17(2,3)4)14-10-13-16-11-8-7-9-12-16/h7-9,11-12,19H,6,10,13-15H2,1-5H3. The van der Waals surface area contributed by atoms with Gasteiger partial charge in [-0.15, -0.1) is 0 Å². The summed E-state index contributed by atoms with van der Waals surface area (Å²) in [6, 6.07) is 10.8. The van der Waals surface area contributed by atoms with Crippen molar-refractivity contribution in [2.45, 2.75) is 65.8 Å². The summed E-state index contributed by atoms with van der Waals surface area (Å²) in [5.41, 5.74) is 2.10. The van der Waals surface area contributed by atoms with E-state index in [-0.39, 0.29) is 5.54 Å². The summed E-state index contributed by atoms with van der Waals surface area (Å²) in [5.74, 6) is 0. The SMILES string of the molecule is CCC(C)(CCCc1ccccc1)CNC(C)(C)C. The van der Waals surface area contributed by atoms with Gasteiger partial charge < -0.3 is 5.32 Å². The molecule has 1 unspecified atom stereocenters. The minimum Gasteiger partial charge on any atom is -0.312 e. The molecule has 108 valence electrons. The molecule has 0 bridgehead atoms. The Hall–Kier alpha value is -0.820. The van der Waals surface area contributed by atoms with Gasteiger partial charge in [0.15, 0.2) is 0 Å². The van der Waals surface area contributed by atoms with E-state index in [9.17, 15) is 0 Å². The fraction of sp³-hybridized carbons (Fsp3) is 0.667. The molecule has 1 atom stereocenters. The Morgan fingerprint density at radius 2 is 1.63 bits per heavy atom. The van der Waals surface area contributed by atoms with Crippen LogP contribution in [0.5, 0.6) is 0 Å². The Morgan fingerprint density at radius 1 is 1.00 bits per heavy atom. The van der Waals surface area contributed by atoms with Crippen LogP contribution in [-0.4, -0.2) is 12.1 Å². The van der Waals surface area contributed by atoms with Crippen molar-refractivity contribution in [3.63, 3.8) is 0 Å². The first-order chi connectivity index (χ1) is 8.85. The number of aryl methyl sites for hydroxylation is 1. The fourth-order valence-electron chi connectivity index (χ4n) is 2.23. The topological polar surface area (TPSA) is 12.0 Å². The summed E-state index contributed by atoms with van der Waals surface area (Å²) in [5, 5.41) is 3.66. The van der Waals surface area contributed by atoms with Crippen LogP contribution in [0.3, 0.4) is 0 Å². The van der Waals surface area contributed by atoms with E-state index in [1.54, 1.807) is 0 Å². The van der Waals surface area contributed by atoms with Gasteiger partial charge in [0.1, 0.15) is 0 Å². The lowest BCUT2D eigenvalue weighted by molar-refractivity contribution is 0.234. The summed E-state index contributed by atoms with van der Waals surface area (Å²) in [4.78, 5) is 0. The molecule has 19 heavy (non-hydrogen) atoms. The highest BCUT2D eigenvalue weighted by atomic mass is 15.0. The van der Waals surface area contributed by atoms with Crippen LogP contribution in [0.2, 0.25) is 0 Å². The molecule has 0 saturated carbocycles. The third-order valence-corrected chi connectivity index (χ3v) is 3.99.